The molecule has 0 aliphatic heterocycles. The number of nitrogens with zero attached hydrogens (tertiary/aromatic N) is 3. The summed E-state index contributed by atoms with van der Waals surface area (Å²) in [4.78, 5) is 14.2. The van der Waals surface area contributed by atoms with E-state index >= 15 is 0 Å². The lowest BCUT2D eigenvalue weighted by Crippen LogP contribution is -2.22. The predicted molar refractivity (Wildman–Crippen MR) is 129 cm³/mol. The first-order chi connectivity index (χ1) is 15.4. The summed E-state index contributed by atoms with van der Waals surface area (Å²) in [6.45, 7) is 3.81. The Kier molecular flexibility index (Phi) is 6.71. The lowest BCUT2D eigenvalue weighted by Gasteiger charge is -2.20. The van der Waals surface area contributed by atoms with E-state index in [9.17, 15) is 0 Å². The summed E-state index contributed by atoms with van der Waals surface area (Å²) < 4.78 is 16.5. The van der Waals surface area contributed by atoms with Crippen LogP contribution in [0.3, 0.4) is 0 Å². The zero-order chi connectivity index (χ0) is 22.8. The van der Waals surface area contributed by atoms with E-state index < -0.39 is 0 Å². The molecule has 2 N–H and O–H groups in total. The van der Waals surface area contributed by atoms with Gasteiger partial charge in [-0.25, -0.2) is 9.97 Å². The van der Waals surface area contributed by atoms with Crippen LogP contribution in [0.2, 0.25) is 0 Å². The molecule has 0 unspecified atom stereocenters. The highest BCUT2D eigenvalue weighted by atomic mass is 32.1. The van der Waals surface area contributed by atoms with E-state index in [-0.39, 0.29) is 0 Å². The molecule has 2 aromatic heterocycles. The number of rotatable bonds is 8. The average molecular weight is 457 g/mol. The Morgan fingerprint density at radius 2 is 1.91 bits per heavy atom. The number of hydrogen-bond donors (Lipinski definition) is 1. The summed E-state index contributed by atoms with van der Waals surface area (Å²) in [6, 6.07) is 3.91. The number of benzene rings is 1. The minimum Gasteiger partial charge on any atom is -0.493 e. The third-order valence-corrected chi connectivity index (χ3v) is 7.32. The van der Waals surface area contributed by atoms with Gasteiger partial charge < -0.3 is 24.8 Å². The van der Waals surface area contributed by atoms with Crippen molar-refractivity contribution in [1.82, 2.24) is 14.9 Å². The molecule has 172 valence electrons. The molecular formula is C24H32N4O3S. The van der Waals surface area contributed by atoms with Crippen LogP contribution in [0, 0.1) is 5.92 Å². The smallest absolute Gasteiger partial charge is 0.203 e. The number of thiophene rings is 1. The van der Waals surface area contributed by atoms with Crippen molar-refractivity contribution in [2.75, 3.05) is 40.7 Å². The Morgan fingerprint density at radius 3 is 2.62 bits per heavy atom. The molecule has 1 aliphatic carbocycles. The van der Waals surface area contributed by atoms with Crippen LogP contribution in [0.1, 0.15) is 35.2 Å². The second-order valence-electron chi connectivity index (χ2n) is 8.54. The molecule has 8 heteroatoms. The second-order valence-corrected chi connectivity index (χ2v) is 9.62. The van der Waals surface area contributed by atoms with Crippen LogP contribution in [0.4, 0.5) is 5.82 Å². The predicted octanol–water partition coefficient (Wildman–Crippen LogP) is 4.10. The SMILES string of the molecule is COc1ccc(CN(C)CCc2nc(N)c3c4c(sc3n2)C[C@H](C)CC4)c(OC)c1OC. The molecule has 0 spiro atoms. The molecule has 0 saturated heterocycles. The molecular weight excluding hydrogens is 424 g/mol. The van der Waals surface area contributed by atoms with Crippen molar-refractivity contribution in [3.63, 3.8) is 0 Å². The van der Waals surface area contributed by atoms with E-state index in [2.05, 4.69) is 23.9 Å². The fourth-order valence-corrected chi connectivity index (χ4v) is 5.89. The van der Waals surface area contributed by atoms with Gasteiger partial charge in [0.15, 0.2) is 11.5 Å². The average Bonchev–Trinajstić information content (AvgIpc) is 3.14. The number of likely N-dealkylation sites (N-methyl/N-ethyl adjacent to an activating group) is 1. The van der Waals surface area contributed by atoms with Crippen molar-refractivity contribution in [1.29, 1.82) is 0 Å². The van der Waals surface area contributed by atoms with E-state index in [0.29, 0.717) is 29.6 Å². The van der Waals surface area contributed by atoms with Crippen LogP contribution in [-0.2, 0) is 25.8 Å². The van der Waals surface area contributed by atoms with Crippen molar-refractivity contribution in [3.8, 4) is 17.2 Å². The maximum Gasteiger partial charge on any atom is 0.203 e. The number of fused-ring (bicyclic) bond motifs is 3. The Labute approximate surface area is 193 Å². The summed E-state index contributed by atoms with van der Waals surface area (Å²) >= 11 is 1.79. The number of ether oxygens (including phenoxy) is 3. The van der Waals surface area contributed by atoms with Crippen LogP contribution in [0.25, 0.3) is 10.2 Å². The number of aryl methyl sites for hydroxylation is 1. The van der Waals surface area contributed by atoms with Gasteiger partial charge in [-0.05, 0) is 43.9 Å². The standard InChI is InChI=1S/C24H32N4O3S/c1-14-6-8-16-18(12-14)32-24-20(16)23(25)26-19(27-24)10-11-28(2)13-15-7-9-17(29-3)22(31-5)21(15)30-4/h7,9,14H,6,8,10-13H2,1-5H3,(H2,25,26,27)/t14-/m1/s1. The Hall–Kier alpha value is -2.58. The van der Waals surface area contributed by atoms with Crippen molar-refractivity contribution < 1.29 is 14.2 Å². The Balaban J connectivity index is 1.48. The first-order valence-corrected chi connectivity index (χ1v) is 11.8. The molecule has 2 heterocycles. The van der Waals surface area contributed by atoms with Gasteiger partial charge in [-0.2, -0.15) is 0 Å². The minimum atomic E-state index is 0.610. The molecule has 0 bridgehead atoms. The number of hydrogen-bond acceptors (Lipinski definition) is 8. The van der Waals surface area contributed by atoms with Crippen LogP contribution in [0.15, 0.2) is 12.1 Å². The molecule has 32 heavy (non-hydrogen) atoms. The number of methoxy groups -OCH3 is 3. The van der Waals surface area contributed by atoms with Crippen molar-refractivity contribution >= 4 is 27.4 Å². The zero-order valence-corrected chi connectivity index (χ0v) is 20.3. The fourth-order valence-electron chi connectivity index (χ4n) is 4.48. The van der Waals surface area contributed by atoms with Crippen LogP contribution >= 0.6 is 11.3 Å². The van der Waals surface area contributed by atoms with Gasteiger partial charge >= 0.3 is 0 Å². The molecule has 1 atom stereocenters. The molecule has 4 rings (SSSR count). The molecule has 0 fully saturated rings. The fraction of sp³-hybridized carbons (Fsp3) is 0.500. The maximum atomic E-state index is 6.39. The van der Waals surface area contributed by atoms with Gasteiger partial charge in [-0.15, -0.1) is 11.3 Å². The molecule has 3 aromatic rings. The van der Waals surface area contributed by atoms with E-state index in [0.717, 1.165) is 53.3 Å². The summed E-state index contributed by atoms with van der Waals surface area (Å²) in [5.41, 5.74) is 8.80. The van der Waals surface area contributed by atoms with Gasteiger partial charge in [0.25, 0.3) is 0 Å². The normalized spacial score (nSPS) is 15.8. The molecule has 1 aromatic carbocycles. The summed E-state index contributed by atoms with van der Waals surface area (Å²) in [6.07, 6.45) is 4.15. The largest absolute Gasteiger partial charge is 0.493 e. The maximum absolute atomic E-state index is 6.39. The van der Waals surface area contributed by atoms with Gasteiger partial charge in [-0.3, -0.25) is 0 Å². The molecule has 0 amide bonds. The topological polar surface area (TPSA) is 82.7 Å². The van der Waals surface area contributed by atoms with Gasteiger partial charge in [0.2, 0.25) is 5.75 Å². The monoisotopic (exact) mass is 456 g/mol. The lowest BCUT2D eigenvalue weighted by atomic mass is 9.89. The van der Waals surface area contributed by atoms with Gasteiger partial charge in [0.1, 0.15) is 16.5 Å². The lowest BCUT2D eigenvalue weighted by molar-refractivity contribution is 0.301. The molecule has 1 aliphatic rings. The number of anilines is 1. The summed E-state index contributed by atoms with van der Waals surface area (Å²) in [7, 11) is 6.96. The Morgan fingerprint density at radius 1 is 1.12 bits per heavy atom. The van der Waals surface area contributed by atoms with Gasteiger partial charge in [0, 0.05) is 30.0 Å². The highest BCUT2D eigenvalue weighted by Crippen LogP contribution is 2.41. The summed E-state index contributed by atoms with van der Waals surface area (Å²) in [5.74, 6) is 4.11. The second kappa shape index (κ2) is 9.50. The summed E-state index contributed by atoms with van der Waals surface area (Å²) in [5, 5.41) is 1.09. The number of nitrogens with two attached hydrogens (primary N) is 1. The van der Waals surface area contributed by atoms with E-state index in [1.54, 1.807) is 32.7 Å². The van der Waals surface area contributed by atoms with Crippen molar-refractivity contribution in [2.45, 2.75) is 39.2 Å². The van der Waals surface area contributed by atoms with Gasteiger partial charge in [0.05, 0.1) is 26.7 Å². The van der Waals surface area contributed by atoms with Crippen LogP contribution < -0.4 is 19.9 Å². The highest BCUT2D eigenvalue weighted by Gasteiger charge is 2.23. The first-order valence-electron chi connectivity index (χ1n) is 11.0. The Bertz CT molecular complexity index is 1110. The molecule has 0 saturated carbocycles. The van der Waals surface area contributed by atoms with Crippen LogP contribution in [0.5, 0.6) is 17.2 Å². The van der Waals surface area contributed by atoms with Crippen molar-refractivity contribution in [2.24, 2.45) is 5.92 Å². The first kappa shape index (κ1) is 22.6. The van der Waals surface area contributed by atoms with E-state index in [1.807, 2.05) is 12.1 Å². The molecule has 0 radical (unpaired) electrons. The number of aromatic nitrogens is 2. The van der Waals surface area contributed by atoms with Gasteiger partial charge in [-0.1, -0.05) is 13.0 Å². The van der Waals surface area contributed by atoms with Crippen LogP contribution in [-0.4, -0.2) is 49.8 Å². The number of nitrogen functional groups attached to an aromatic ring is 1. The third-order valence-electron chi connectivity index (χ3n) is 6.17. The minimum absolute atomic E-state index is 0.610. The van der Waals surface area contributed by atoms with E-state index in [4.69, 9.17) is 24.9 Å². The quantitative estimate of drug-likeness (QED) is 0.546. The molecule has 7 nitrogen and oxygen atoms in total. The van der Waals surface area contributed by atoms with E-state index in [1.165, 1.54) is 16.9 Å². The zero-order valence-electron chi connectivity index (χ0n) is 19.5. The van der Waals surface area contributed by atoms with Crippen molar-refractivity contribution in [3.05, 3.63) is 34.0 Å². The third kappa shape index (κ3) is 4.34. The highest BCUT2D eigenvalue weighted by molar-refractivity contribution is 7.19.